The van der Waals surface area contributed by atoms with Crippen LogP contribution in [0.15, 0.2) is 42.5 Å². The Morgan fingerprint density at radius 1 is 1.21 bits per heavy atom. The quantitative estimate of drug-likeness (QED) is 0.509. The van der Waals surface area contributed by atoms with Crippen LogP contribution < -0.4 is 9.62 Å². The number of sulfonamides is 1. The van der Waals surface area contributed by atoms with E-state index in [2.05, 4.69) is 5.32 Å². The van der Waals surface area contributed by atoms with Gasteiger partial charge in [0.15, 0.2) is 0 Å². The first-order valence-electron chi connectivity index (χ1n) is 8.04. The van der Waals surface area contributed by atoms with Crippen LogP contribution in [0.4, 0.5) is 17.1 Å². The van der Waals surface area contributed by atoms with Gasteiger partial charge < -0.3 is 5.32 Å². The fourth-order valence-corrected chi connectivity index (χ4v) is 4.11. The molecule has 1 N–H and O–H groups in total. The molecule has 0 radical (unpaired) electrons. The standard InChI is InChI=1S/C17H17Cl2N3O5S/c1-3-16(17(23)20-11-7-8-14(18)15(19)9-11)21(28(2,26)27)12-5-4-6-13(10-12)22(24)25/h4-10,16H,3H2,1-2H3,(H,20,23)/t16-/m0/s1. The molecule has 11 heteroatoms. The van der Waals surface area contributed by atoms with Gasteiger partial charge in [-0.15, -0.1) is 0 Å². The zero-order valence-electron chi connectivity index (χ0n) is 14.9. The monoisotopic (exact) mass is 445 g/mol. The zero-order valence-corrected chi connectivity index (χ0v) is 17.3. The summed E-state index contributed by atoms with van der Waals surface area (Å²) >= 11 is 11.8. The van der Waals surface area contributed by atoms with Crippen LogP contribution in [0.2, 0.25) is 10.0 Å². The molecule has 0 bridgehead atoms. The lowest BCUT2D eigenvalue weighted by Crippen LogP contribution is -2.47. The molecule has 0 saturated heterocycles. The Labute approximate surface area is 172 Å². The van der Waals surface area contributed by atoms with Crippen LogP contribution in [-0.4, -0.2) is 31.5 Å². The molecule has 0 fully saturated rings. The molecular weight excluding hydrogens is 429 g/mol. The minimum absolute atomic E-state index is 0.0211. The number of nitro benzene ring substituents is 1. The number of amides is 1. The number of rotatable bonds is 7. The summed E-state index contributed by atoms with van der Waals surface area (Å²) in [5.41, 5.74) is 0.0732. The topological polar surface area (TPSA) is 110 Å². The molecule has 8 nitrogen and oxygen atoms in total. The van der Waals surface area contributed by atoms with Gasteiger partial charge in [0.25, 0.3) is 5.69 Å². The summed E-state index contributed by atoms with van der Waals surface area (Å²) in [6.07, 6.45) is 1.06. The van der Waals surface area contributed by atoms with Crippen molar-refractivity contribution in [2.45, 2.75) is 19.4 Å². The maximum absolute atomic E-state index is 12.8. The lowest BCUT2D eigenvalue weighted by Gasteiger charge is -2.30. The molecule has 0 heterocycles. The maximum Gasteiger partial charge on any atom is 0.271 e. The Morgan fingerprint density at radius 2 is 1.89 bits per heavy atom. The highest BCUT2D eigenvalue weighted by molar-refractivity contribution is 7.92. The van der Waals surface area contributed by atoms with Gasteiger partial charge in [-0.3, -0.25) is 19.2 Å². The molecule has 2 aromatic carbocycles. The van der Waals surface area contributed by atoms with Gasteiger partial charge in [-0.25, -0.2) is 8.42 Å². The summed E-state index contributed by atoms with van der Waals surface area (Å²) in [4.78, 5) is 23.2. The first-order valence-corrected chi connectivity index (χ1v) is 10.6. The van der Waals surface area contributed by atoms with Crippen LogP contribution in [-0.2, 0) is 14.8 Å². The summed E-state index contributed by atoms with van der Waals surface area (Å²) in [5, 5.41) is 14.2. The lowest BCUT2D eigenvalue weighted by atomic mass is 10.1. The highest BCUT2D eigenvalue weighted by Gasteiger charge is 2.32. The van der Waals surface area contributed by atoms with E-state index in [0.717, 1.165) is 16.6 Å². The summed E-state index contributed by atoms with van der Waals surface area (Å²) < 4.78 is 25.7. The van der Waals surface area contributed by atoms with Gasteiger partial charge in [0.2, 0.25) is 15.9 Å². The summed E-state index contributed by atoms with van der Waals surface area (Å²) in [6.45, 7) is 1.63. The number of anilines is 2. The number of hydrogen-bond acceptors (Lipinski definition) is 5. The van der Waals surface area contributed by atoms with Crippen LogP contribution in [0.25, 0.3) is 0 Å². The number of nitrogens with one attached hydrogen (secondary N) is 1. The molecule has 1 amide bonds. The van der Waals surface area contributed by atoms with Crippen LogP contribution in [0.1, 0.15) is 13.3 Å². The molecular formula is C17H17Cl2N3O5S. The highest BCUT2D eigenvalue weighted by Crippen LogP contribution is 2.28. The van der Waals surface area contributed by atoms with E-state index in [1.54, 1.807) is 6.92 Å². The Morgan fingerprint density at radius 3 is 2.43 bits per heavy atom. The molecule has 0 spiro atoms. The van der Waals surface area contributed by atoms with E-state index in [1.807, 2.05) is 0 Å². The molecule has 0 aliphatic heterocycles. The second-order valence-corrected chi connectivity index (χ2v) is 8.55. The number of carbonyl (C=O) groups is 1. The van der Waals surface area contributed by atoms with Crippen molar-refractivity contribution in [1.82, 2.24) is 0 Å². The molecule has 2 rings (SSSR count). The lowest BCUT2D eigenvalue weighted by molar-refractivity contribution is -0.384. The Kier molecular flexibility index (Phi) is 6.87. The van der Waals surface area contributed by atoms with E-state index < -0.39 is 26.9 Å². The van der Waals surface area contributed by atoms with Crippen molar-refractivity contribution in [1.29, 1.82) is 0 Å². The summed E-state index contributed by atoms with van der Waals surface area (Å²) in [5.74, 6) is -0.613. The molecule has 0 aromatic heterocycles. The molecule has 2 aromatic rings. The van der Waals surface area contributed by atoms with Crippen molar-refractivity contribution < 1.29 is 18.1 Å². The van der Waals surface area contributed by atoms with Gasteiger partial charge >= 0.3 is 0 Å². The second kappa shape index (κ2) is 8.76. The number of hydrogen-bond donors (Lipinski definition) is 1. The fraction of sp³-hybridized carbons (Fsp3) is 0.235. The number of benzene rings is 2. The molecule has 28 heavy (non-hydrogen) atoms. The van der Waals surface area contributed by atoms with Crippen LogP contribution in [0.5, 0.6) is 0 Å². The Bertz CT molecular complexity index is 1010. The largest absolute Gasteiger partial charge is 0.324 e. The van der Waals surface area contributed by atoms with Crippen LogP contribution >= 0.6 is 23.2 Å². The normalized spacial score (nSPS) is 12.3. The molecule has 0 aliphatic rings. The average Bonchev–Trinajstić information content (AvgIpc) is 2.61. The van der Waals surface area contributed by atoms with Crippen molar-refractivity contribution in [2.75, 3.05) is 15.9 Å². The van der Waals surface area contributed by atoms with Gasteiger partial charge in [-0.1, -0.05) is 36.2 Å². The van der Waals surface area contributed by atoms with Crippen molar-refractivity contribution in [3.8, 4) is 0 Å². The van der Waals surface area contributed by atoms with E-state index >= 15 is 0 Å². The van der Waals surface area contributed by atoms with Crippen molar-refractivity contribution in [3.63, 3.8) is 0 Å². The number of nitro groups is 1. The third-order valence-electron chi connectivity index (χ3n) is 3.81. The molecule has 1 atom stereocenters. The minimum Gasteiger partial charge on any atom is -0.324 e. The van der Waals surface area contributed by atoms with E-state index in [4.69, 9.17) is 23.2 Å². The van der Waals surface area contributed by atoms with E-state index in [1.165, 1.54) is 36.4 Å². The predicted molar refractivity (Wildman–Crippen MR) is 110 cm³/mol. The second-order valence-electron chi connectivity index (χ2n) is 5.88. The van der Waals surface area contributed by atoms with E-state index in [0.29, 0.717) is 10.7 Å². The maximum atomic E-state index is 12.8. The van der Waals surface area contributed by atoms with Gasteiger partial charge in [0.05, 0.1) is 26.9 Å². The summed E-state index contributed by atoms with van der Waals surface area (Å²) in [7, 11) is -3.92. The first-order chi connectivity index (χ1) is 13.0. The Hall–Kier alpha value is -2.36. The van der Waals surface area contributed by atoms with E-state index in [9.17, 15) is 23.3 Å². The van der Waals surface area contributed by atoms with Gasteiger partial charge in [0.1, 0.15) is 6.04 Å². The predicted octanol–water partition coefficient (Wildman–Crippen LogP) is 4.08. The molecule has 0 unspecified atom stereocenters. The van der Waals surface area contributed by atoms with E-state index in [-0.39, 0.29) is 22.8 Å². The van der Waals surface area contributed by atoms with Gasteiger partial charge in [-0.05, 0) is 30.7 Å². The third-order valence-corrected chi connectivity index (χ3v) is 5.73. The SMILES string of the molecule is CC[C@@H](C(=O)Nc1ccc(Cl)c(Cl)c1)N(c1cccc([N+](=O)[O-])c1)S(C)(=O)=O. The van der Waals surface area contributed by atoms with Crippen LogP contribution in [0.3, 0.4) is 0 Å². The Balaban J connectivity index is 2.42. The number of non-ortho nitro benzene ring substituents is 1. The minimum atomic E-state index is -3.92. The summed E-state index contributed by atoms with van der Waals surface area (Å²) in [6, 6.07) is 8.42. The van der Waals surface area contributed by atoms with Crippen LogP contribution in [0, 0.1) is 10.1 Å². The number of halogens is 2. The highest BCUT2D eigenvalue weighted by atomic mass is 35.5. The van der Waals surface area contributed by atoms with Crippen molar-refractivity contribution >= 4 is 56.2 Å². The van der Waals surface area contributed by atoms with Crippen molar-refractivity contribution in [3.05, 3.63) is 62.6 Å². The zero-order chi connectivity index (χ0) is 21.1. The average molecular weight is 446 g/mol. The smallest absolute Gasteiger partial charge is 0.271 e. The van der Waals surface area contributed by atoms with Crippen molar-refractivity contribution in [2.24, 2.45) is 0 Å². The first kappa shape index (κ1) is 21.9. The number of nitrogens with zero attached hydrogens (tertiary/aromatic N) is 2. The third kappa shape index (κ3) is 5.12. The van der Waals surface area contributed by atoms with Gasteiger partial charge in [-0.2, -0.15) is 0 Å². The molecule has 0 saturated carbocycles. The molecule has 150 valence electrons. The fourth-order valence-electron chi connectivity index (χ4n) is 2.60. The molecule has 0 aliphatic carbocycles. The van der Waals surface area contributed by atoms with Gasteiger partial charge in [0, 0.05) is 17.8 Å². The number of carbonyl (C=O) groups excluding carboxylic acids is 1.